The fourth-order valence-corrected chi connectivity index (χ4v) is 5.00. The number of aliphatic hydroxyl groups excluding tert-OH is 2. The highest BCUT2D eigenvalue weighted by Crippen LogP contribution is 2.59. The number of phosphoric acid groups is 1. The third-order valence-corrected chi connectivity index (χ3v) is 7.34. The Bertz CT molecular complexity index is 1030. The molecule has 1 saturated heterocycles. The third-order valence-electron chi connectivity index (χ3n) is 4.09. The van der Waals surface area contributed by atoms with Crippen LogP contribution in [-0.2, 0) is 27.2 Å². The molecule has 1 aliphatic heterocycles. The second-order valence-electron chi connectivity index (χ2n) is 6.03. The molecule has 0 aromatic carbocycles. The van der Waals surface area contributed by atoms with Crippen LogP contribution in [0.5, 0.6) is 0 Å². The zero-order chi connectivity index (χ0) is 22.3. The summed E-state index contributed by atoms with van der Waals surface area (Å²) in [6.45, 7) is -0.633. The van der Waals surface area contributed by atoms with E-state index < -0.39 is 46.4 Å². The van der Waals surface area contributed by atoms with Gasteiger partial charge in [0.25, 0.3) is 7.47 Å². The van der Waals surface area contributed by atoms with Gasteiger partial charge in [-0.1, -0.05) is 11.8 Å². The number of anilines is 1. The maximum Gasteiger partial charge on any atom is 0.478 e. The van der Waals surface area contributed by atoms with Crippen LogP contribution in [0.15, 0.2) is 11.5 Å². The molecule has 2 aromatic rings. The predicted molar refractivity (Wildman–Crippen MR) is 105 cm³/mol. The number of aliphatic hydroxyl groups is 2. The van der Waals surface area contributed by atoms with E-state index in [2.05, 4.69) is 23.8 Å². The third kappa shape index (κ3) is 4.88. The number of nitrogen functional groups attached to an aromatic ring is 1. The lowest BCUT2D eigenvalue weighted by Gasteiger charge is -2.20. The molecular formula is C12H18BN5O9P2S. The van der Waals surface area contributed by atoms with Crippen molar-refractivity contribution in [2.45, 2.75) is 29.7 Å². The minimum atomic E-state index is -4.68. The molecule has 3 rings (SSSR count). The van der Waals surface area contributed by atoms with E-state index in [1.165, 1.54) is 22.7 Å². The first-order valence-corrected chi connectivity index (χ1v) is 12.5. The Morgan fingerprint density at radius 2 is 2.07 bits per heavy atom. The molecule has 6 unspecified atom stereocenters. The van der Waals surface area contributed by atoms with E-state index in [4.69, 9.17) is 22.6 Å². The Balaban J connectivity index is 1.78. The van der Waals surface area contributed by atoms with Gasteiger partial charge in [0.15, 0.2) is 22.8 Å². The number of thioether (sulfide) groups is 1. The molecule has 1 aliphatic rings. The Hall–Kier alpha value is -1.06. The van der Waals surface area contributed by atoms with Gasteiger partial charge in [0, 0.05) is 7.11 Å². The van der Waals surface area contributed by atoms with Crippen molar-refractivity contribution in [2.75, 3.05) is 25.7 Å². The minimum Gasteiger partial charge on any atom is -0.387 e. The van der Waals surface area contributed by atoms with Crippen molar-refractivity contribution in [1.29, 1.82) is 0 Å². The largest absolute Gasteiger partial charge is 0.478 e. The number of hydrogen-bond donors (Lipinski definition) is 4. The average molecular weight is 481 g/mol. The molecule has 164 valence electrons. The fraction of sp³-hybridized carbons (Fsp3) is 0.583. The molecule has 6 atom stereocenters. The van der Waals surface area contributed by atoms with Crippen LogP contribution in [-0.4, -0.2) is 80.5 Å². The number of imidazole rings is 1. The number of fused-ring (bicyclic) bond motifs is 1. The number of hydrogen-bond acceptors (Lipinski definition) is 13. The number of ether oxygens (including phenoxy) is 1. The molecular weight excluding hydrogens is 463 g/mol. The average Bonchev–Trinajstić information content (AvgIpc) is 3.21. The lowest BCUT2D eigenvalue weighted by molar-refractivity contribution is -0.0479. The van der Waals surface area contributed by atoms with Crippen molar-refractivity contribution >= 4 is 51.6 Å². The van der Waals surface area contributed by atoms with Crippen LogP contribution < -0.4 is 5.73 Å². The van der Waals surface area contributed by atoms with Crippen LogP contribution in [0.4, 0.5) is 5.82 Å². The molecule has 0 saturated carbocycles. The Labute approximate surface area is 175 Å². The number of phosphoric ester groups is 1. The van der Waals surface area contributed by atoms with E-state index in [-0.39, 0.29) is 17.0 Å². The first-order valence-electron chi connectivity index (χ1n) is 8.16. The summed E-state index contributed by atoms with van der Waals surface area (Å²) in [6.07, 6.45) is -2.25. The summed E-state index contributed by atoms with van der Waals surface area (Å²) in [5, 5.41) is 21.1. The molecule has 0 aliphatic carbocycles. The van der Waals surface area contributed by atoms with Gasteiger partial charge in [0.05, 0.1) is 12.9 Å². The normalized spacial score (nSPS) is 28.4. The first-order chi connectivity index (χ1) is 14.0. The van der Waals surface area contributed by atoms with Crippen LogP contribution >= 0.6 is 27.1 Å². The van der Waals surface area contributed by atoms with Crippen molar-refractivity contribution in [3.05, 3.63) is 6.33 Å². The van der Waals surface area contributed by atoms with Crippen molar-refractivity contribution in [3.63, 3.8) is 0 Å². The first kappa shape index (κ1) is 23.6. The van der Waals surface area contributed by atoms with E-state index in [0.29, 0.717) is 5.16 Å². The lowest BCUT2D eigenvalue weighted by atomic mass is 10.1. The van der Waals surface area contributed by atoms with Gasteiger partial charge in [-0.2, -0.15) is 0 Å². The topological polar surface area (TPSA) is 201 Å². The summed E-state index contributed by atoms with van der Waals surface area (Å²) < 4.78 is 43.5. The smallest absolute Gasteiger partial charge is 0.387 e. The molecule has 2 aromatic heterocycles. The molecule has 0 amide bonds. The molecule has 18 heteroatoms. The SMILES string of the molecule is [B]P(=O)(OCC1OC(n2cnc3c(N)nc(SC)nc32)C(O)C1O)OP(=O)(O)OC. The minimum absolute atomic E-state index is 0.129. The Morgan fingerprint density at radius 1 is 1.37 bits per heavy atom. The highest BCUT2D eigenvalue weighted by molar-refractivity contribution is 7.98. The molecule has 0 bridgehead atoms. The number of nitrogens with two attached hydrogens (primary N) is 1. The van der Waals surface area contributed by atoms with Gasteiger partial charge in [0.2, 0.25) is 7.57 Å². The maximum absolute atomic E-state index is 12.0. The quantitative estimate of drug-likeness (QED) is 0.167. The van der Waals surface area contributed by atoms with E-state index in [1.807, 2.05) is 0 Å². The van der Waals surface area contributed by atoms with Gasteiger partial charge < -0.3 is 30.1 Å². The molecule has 3 heterocycles. The summed E-state index contributed by atoms with van der Waals surface area (Å²) >= 11 is 1.24. The summed E-state index contributed by atoms with van der Waals surface area (Å²) in [4.78, 5) is 21.7. The number of rotatable bonds is 8. The van der Waals surface area contributed by atoms with E-state index >= 15 is 0 Å². The van der Waals surface area contributed by atoms with Crippen molar-refractivity contribution in [1.82, 2.24) is 19.5 Å². The molecule has 0 spiro atoms. The van der Waals surface area contributed by atoms with Gasteiger partial charge in [-0.3, -0.25) is 13.7 Å². The molecule has 30 heavy (non-hydrogen) atoms. The standard InChI is InChI=1S/C12H18BN5O9P2S/c1-24-29(22,23)27-28(13,21)25-3-5-7(19)8(20)11(26-5)18-4-15-6-9(14)16-12(30-2)17-10(6)18/h4-5,7-8,11,19-20H,3H2,1-2H3,(H,22,23)(H2,14,16,17). The summed E-state index contributed by atoms with van der Waals surface area (Å²) in [5.74, 6) is 0.129. The number of aromatic nitrogens is 4. The second kappa shape index (κ2) is 8.83. The van der Waals surface area contributed by atoms with E-state index in [1.54, 1.807) is 6.26 Å². The van der Waals surface area contributed by atoms with Crippen LogP contribution in [0.2, 0.25) is 0 Å². The Kier molecular flexibility index (Phi) is 6.94. The van der Waals surface area contributed by atoms with Crippen molar-refractivity contribution in [2.24, 2.45) is 0 Å². The zero-order valence-corrected chi connectivity index (χ0v) is 18.2. The van der Waals surface area contributed by atoms with Crippen LogP contribution in [0, 0.1) is 0 Å². The molecule has 2 radical (unpaired) electrons. The highest BCUT2D eigenvalue weighted by atomic mass is 32.2. The van der Waals surface area contributed by atoms with Crippen molar-refractivity contribution < 1.29 is 42.3 Å². The van der Waals surface area contributed by atoms with Crippen LogP contribution in [0.3, 0.4) is 0 Å². The molecule has 1 fully saturated rings. The van der Waals surface area contributed by atoms with Gasteiger partial charge in [-0.25, -0.2) is 23.8 Å². The second-order valence-corrected chi connectivity index (χ2v) is 10.1. The van der Waals surface area contributed by atoms with E-state index in [0.717, 1.165) is 7.11 Å². The van der Waals surface area contributed by atoms with Gasteiger partial charge in [0.1, 0.15) is 23.8 Å². The van der Waals surface area contributed by atoms with Gasteiger partial charge in [-0.15, -0.1) is 0 Å². The van der Waals surface area contributed by atoms with Gasteiger partial charge in [-0.05, 0) is 6.26 Å². The highest BCUT2D eigenvalue weighted by Gasteiger charge is 2.45. The maximum atomic E-state index is 12.0. The van der Waals surface area contributed by atoms with Crippen molar-refractivity contribution in [3.8, 4) is 0 Å². The predicted octanol–water partition coefficient (Wildman–Crippen LogP) is -0.194. The van der Waals surface area contributed by atoms with Gasteiger partial charge >= 0.3 is 7.82 Å². The Morgan fingerprint density at radius 3 is 2.70 bits per heavy atom. The monoisotopic (exact) mass is 481 g/mol. The van der Waals surface area contributed by atoms with E-state index in [9.17, 15) is 24.2 Å². The summed E-state index contributed by atoms with van der Waals surface area (Å²) in [7, 11) is -3.13. The lowest BCUT2D eigenvalue weighted by Crippen LogP contribution is -2.33. The number of nitrogens with zero attached hydrogens (tertiary/aromatic N) is 4. The zero-order valence-electron chi connectivity index (χ0n) is 15.6. The molecule has 14 nitrogen and oxygen atoms in total. The summed E-state index contributed by atoms with van der Waals surface area (Å²) in [6, 6.07) is 0. The fourth-order valence-electron chi connectivity index (χ4n) is 2.67. The summed E-state index contributed by atoms with van der Waals surface area (Å²) in [5.41, 5.74) is 6.40. The van der Waals surface area contributed by atoms with Crippen LogP contribution in [0.1, 0.15) is 6.23 Å². The van der Waals surface area contributed by atoms with Crippen LogP contribution in [0.25, 0.3) is 11.2 Å². The molecule has 5 N–H and O–H groups in total.